The van der Waals surface area contributed by atoms with E-state index in [9.17, 15) is 14.7 Å². The molecule has 0 saturated heterocycles. The first kappa shape index (κ1) is 27.8. The van der Waals surface area contributed by atoms with E-state index in [1.807, 2.05) is 54.6 Å². The second-order valence-corrected chi connectivity index (χ2v) is 9.17. The van der Waals surface area contributed by atoms with Crippen LogP contribution in [0.5, 0.6) is 0 Å². The molecule has 1 amide bonds. The number of carbonyl (C=O) groups is 2. The summed E-state index contributed by atoms with van der Waals surface area (Å²) in [6, 6.07) is 23.7. The lowest BCUT2D eigenvalue weighted by Gasteiger charge is -2.25. The summed E-state index contributed by atoms with van der Waals surface area (Å²) >= 11 is 0. The molecule has 0 bridgehead atoms. The molecule has 0 saturated carbocycles. The molecule has 0 fully saturated rings. The Morgan fingerprint density at radius 2 is 1.73 bits per heavy atom. The molecule has 0 spiro atoms. The first-order chi connectivity index (χ1) is 17.9. The number of hydrogen-bond donors (Lipinski definition) is 2. The molecule has 0 aliphatic heterocycles. The third-order valence-corrected chi connectivity index (χ3v) is 6.60. The molecule has 0 radical (unpaired) electrons. The van der Waals surface area contributed by atoms with Gasteiger partial charge in [-0.25, -0.2) is 0 Å². The number of nitrogens with one attached hydrogen (secondary N) is 1. The summed E-state index contributed by atoms with van der Waals surface area (Å²) in [5.74, 6) is -1.23. The first-order valence-corrected chi connectivity index (χ1v) is 12.8. The Morgan fingerprint density at radius 3 is 2.46 bits per heavy atom. The molecule has 2 aromatic carbocycles. The number of nitrogens with zero attached hydrogens (tertiary/aromatic N) is 1. The minimum Gasteiger partial charge on any atom is -0.481 e. The van der Waals surface area contributed by atoms with E-state index in [-0.39, 0.29) is 12.3 Å². The second-order valence-electron chi connectivity index (χ2n) is 9.17. The van der Waals surface area contributed by atoms with Crippen LogP contribution in [0.1, 0.15) is 62.0 Å². The van der Waals surface area contributed by atoms with Crippen LogP contribution in [0, 0.1) is 5.41 Å². The lowest BCUT2D eigenvalue weighted by Crippen LogP contribution is -2.34. The van der Waals surface area contributed by atoms with Crippen molar-refractivity contribution >= 4 is 29.7 Å². The van der Waals surface area contributed by atoms with Crippen LogP contribution in [-0.2, 0) is 27.4 Å². The summed E-state index contributed by atoms with van der Waals surface area (Å²) < 4.78 is 5.81. The number of anilines is 1. The van der Waals surface area contributed by atoms with Crippen molar-refractivity contribution in [1.82, 2.24) is 4.98 Å². The number of ether oxygens (including phenoxy) is 1. The van der Waals surface area contributed by atoms with Crippen LogP contribution in [0.25, 0.3) is 12.2 Å². The number of amides is 1. The molecule has 2 N–H and O–H groups in total. The molecule has 0 atom stereocenters. The number of carboxylic acid groups (broad SMARTS) is 1. The van der Waals surface area contributed by atoms with Gasteiger partial charge in [0.05, 0.1) is 23.4 Å². The van der Waals surface area contributed by atoms with E-state index < -0.39 is 11.4 Å². The van der Waals surface area contributed by atoms with Gasteiger partial charge in [0.2, 0.25) is 5.91 Å². The van der Waals surface area contributed by atoms with Crippen molar-refractivity contribution in [3.05, 3.63) is 95.3 Å². The number of benzene rings is 2. The SMILES string of the molecule is CCC(CC)(CC(=O)Nc1cccc(/C=C/c2cccc(COCCCc3ccccc3)n2)c1)C(=O)O. The summed E-state index contributed by atoms with van der Waals surface area (Å²) in [4.78, 5) is 28.9. The number of hydrogen-bond acceptors (Lipinski definition) is 4. The molecule has 3 aromatic rings. The minimum atomic E-state index is -1.04. The van der Waals surface area contributed by atoms with Gasteiger partial charge in [-0.2, -0.15) is 0 Å². The fourth-order valence-electron chi connectivity index (χ4n) is 4.16. The van der Waals surface area contributed by atoms with Crippen molar-refractivity contribution in [2.24, 2.45) is 5.41 Å². The van der Waals surface area contributed by atoms with E-state index in [4.69, 9.17) is 4.74 Å². The van der Waals surface area contributed by atoms with E-state index in [1.54, 1.807) is 19.9 Å². The van der Waals surface area contributed by atoms with Gasteiger partial charge in [0, 0.05) is 18.7 Å². The Kier molecular flexibility index (Phi) is 10.6. The maximum Gasteiger partial charge on any atom is 0.310 e. The van der Waals surface area contributed by atoms with Gasteiger partial charge in [0.25, 0.3) is 0 Å². The van der Waals surface area contributed by atoms with Crippen LogP contribution in [0.3, 0.4) is 0 Å². The lowest BCUT2D eigenvalue weighted by molar-refractivity contribution is -0.151. The Morgan fingerprint density at radius 1 is 0.973 bits per heavy atom. The zero-order valence-electron chi connectivity index (χ0n) is 21.7. The van der Waals surface area contributed by atoms with Crippen LogP contribution in [0.15, 0.2) is 72.8 Å². The van der Waals surface area contributed by atoms with Crippen molar-refractivity contribution in [2.45, 2.75) is 52.6 Å². The second kappa shape index (κ2) is 14.1. The molecule has 0 aliphatic carbocycles. The highest BCUT2D eigenvalue weighted by atomic mass is 16.5. The number of aliphatic carboxylic acids is 1. The molecule has 37 heavy (non-hydrogen) atoms. The number of aryl methyl sites for hydroxylation is 1. The fourth-order valence-corrected chi connectivity index (χ4v) is 4.16. The van der Waals surface area contributed by atoms with Gasteiger partial charge in [-0.05, 0) is 67.2 Å². The molecular weight excluding hydrogens is 464 g/mol. The van der Waals surface area contributed by atoms with Crippen LogP contribution in [0.2, 0.25) is 0 Å². The highest BCUT2D eigenvalue weighted by Gasteiger charge is 2.37. The maximum atomic E-state index is 12.6. The quantitative estimate of drug-likeness (QED) is 0.243. The van der Waals surface area contributed by atoms with Crippen LogP contribution in [0.4, 0.5) is 5.69 Å². The summed E-state index contributed by atoms with van der Waals surface area (Å²) in [6.45, 7) is 4.75. The van der Waals surface area contributed by atoms with Crippen molar-refractivity contribution in [2.75, 3.05) is 11.9 Å². The van der Waals surface area contributed by atoms with Crippen molar-refractivity contribution in [3.63, 3.8) is 0 Å². The normalized spacial score (nSPS) is 11.5. The summed E-state index contributed by atoms with van der Waals surface area (Å²) in [5, 5.41) is 12.4. The summed E-state index contributed by atoms with van der Waals surface area (Å²) in [5.41, 5.74) is 3.50. The molecule has 6 heteroatoms. The average molecular weight is 501 g/mol. The van der Waals surface area contributed by atoms with E-state index in [0.717, 1.165) is 29.8 Å². The minimum absolute atomic E-state index is 0.0551. The first-order valence-electron chi connectivity index (χ1n) is 12.8. The number of carboxylic acids is 1. The highest BCUT2D eigenvalue weighted by molar-refractivity contribution is 5.94. The third-order valence-electron chi connectivity index (χ3n) is 6.60. The van der Waals surface area contributed by atoms with Gasteiger partial charge in [-0.15, -0.1) is 0 Å². The zero-order chi connectivity index (χ0) is 26.5. The zero-order valence-corrected chi connectivity index (χ0v) is 21.7. The van der Waals surface area contributed by atoms with Crippen molar-refractivity contribution < 1.29 is 19.4 Å². The Labute approximate surface area is 219 Å². The van der Waals surface area contributed by atoms with Crippen LogP contribution in [-0.4, -0.2) is 28.6 Å². The van der Waals surface area contributed by atoms with E-state index in [2.05, 4.69) is 34.6 Å². The van der Waals surface area contributed by atoms with E-state index in [0.29, 0.717) is 31.7 Å². The fraction of sp³-hybridized carbons (Fsp3) is 0.323. The van der Waals surface area contributed by atoms with Crippen LogP contribution >= 0.6 is 0 Å². The summed E-state index contributed by atoms with van der Waals surface area (Å²) in [6.07, 6.45) is 6.56. The number of rotatable bonds is 14. The molecule has 0 unspecified atom stereocenters. The number of carbonyl (C=O) groups excluding carboxylic acids is 1. The van der Waals surface area contributed by atoms with Crippen LogP contribution < -0.4 is 5.32 Å². The van der Waals surface area contributed by atoms with Gasteiger partial charge in [0.1, 0.15) is 0 Å². The van der Waals surface area contributed by atoms with Gasteiger partial charge < -0.3 is 15.2 Å². The Balaban J connectivity index is 1.52. The molecule has 6 nitrogen and oxygen atoms in total. The average Bonchev–Trinajstić information content (AvgIpc) is 2.91. The predicted molar refractivity (Wildman–Crippen MR) is 148 cm³/mol. The van der Waals surface area contributed by atoms with E-state index >= 15 is 0 Å². The monoisotopic (exact) mass is 500 g/mol. The molecule has 3 rings (SSSR count). The third kappa shape index (κ3) is 8.69. The highest BCUT2D eigenvalue weighted by Crippen LogP contribution is 2.31. The topological polar surface area (TPSA) is 88.5 Å². The maximum absolute atomic E-state index is 12.6. The van der Waals surface area contributed by atoms with Gasteiger partial charge in [-0.3, -0.25) is 14.6 Å². The molecule has 0 aliphatic rings. The van der Waals surface area contributed by atoms with Gasteiger partial charge in [-0.1, -0.05) is 68.5 Å². The Hall–Kier alpha value is -3.77. The van der Waals surface area contributed by atoms with Crippen molar-refractivity contribution in [3.8, 4) is 0 Å². The standard InChI is InChI=1S/C31H36N2O4/c1-3-31(4-2,30(35)36)22-29(34)33-27-16-8-13-25(21-27)18-19-26-15-9-17-28(32-26)23-37-20-10-14-24-11-6-5-7-12-24/h5-9,11-13,15-19,21H,3-4,10,14,20,22-23H2,1-2H3,(H,33,34)(H,35,36)/b19-18+. The van der Waals surface area contributed by atoms with Gasteiger partial charge in [0.15, 0.2) is 0 Å². The summed E-state index contributed by atoms with van der Waals surface area (Å²) in [7, 11) is 0. The molecule has 1 aromatic heterocycles. The molecule has 194 valence electrons. The van der Waals surface area contributed by atoms with Crippen molar-refractivity contribution in [1.29, 1.82) is 0 Å². The largest absolute Gasteiger partial charge is 0.481 e. The van der Waals surface area contributed by atoms with Gasteiger partial charge >= 0.3 is 5.97 Å². The lowest BCUT2D eigenvalue weighted by atomic mass is 9.79. The molecular formula is C31H36N2O4. The predicted octanol–water partition coefficient (Wildman–Crippen LogP) is 6.62. The smallest absolute Gasteiger partial charge is 0.310 e. The Bertz CT molecular complexity index is 1190. The molecule has 1 heterocycles. The van der Waals surface area contributed by atoms with E-state index in [1.165, 1.54) is 5.56 Å². The number of pyridine rings is 1. The number of aromatic nitrogens is 1.